The Morgan fingerprint density at radius 1 is 1.75 bits per heavy atom. The van der Waals surface area contributed by atoms with Crippen LogP contribution < -0.4 is 5.73 Å². The lowest BCUT2D eigenvalue weighted by molar-refractivity contribution is 0.156. The first kappa shape index (κ1) is 12.0. The minimum Gasteiger partial charge on any atom is -0.328 e. The van der Waals surface area contributed by atoms with E-state index < -0.39 is 5.67 Å². The summed E-state index contributed by atoms with van der Waals surface area (Å²) in [5.74, 6) is 0. The molecule has 0 amide bonds. The summed E-state index contributed by atoms with van der Waals surface area (Å²) in [7, 11) is 0. The molecule has 1 aromatic heterocycles. The van der Waals surface area contributed by atoms with E-state index >= 15 is 0 Å². The number of hydrogen-bond donors (Lipinski definition) is 1. The normalized spacial score (nSPS) is 29.9. The summed E-state index contributed by atoms with van der Waals surface area (Å²) in [5.41, 5.74) is 5.17. The molecule has 0 spiro atoms. The van der Waals surface area contributed by atoms with Crippen molar-refractivity contribution in [1.29, 1.82) is 0 Å². The average molecular weight is 290 g/mol. The maximum atomic E-state index is 14.8. The second kappa shape index (κ2) is 4.45. The third-order valence-corrected chi connectivity index (χ3v) is 3.73. The van der Waals surface area contributed by atoms with Crippen molar-refractivity contribution in [3.63, 3.8) is 0 Å². The van der Waals surface area contributed by atoms with Crippen LogP contribution in [0.25, 0.3) is 0 Å². The van der Waals surface area contributed by atoms with Gasteiger partial charge in [-0.15, -0.1) is 0 Å². The first-order valence-corrected chi connectivity index (χ1v) is 6.52. The molecule has 90 valence electrons. The van der Waals surface area contributed by atoms with E-state index in [1.165, 1.54) is 0 Å². The zero-order chi connectivity index (χ0) is 11.8. The molecule has 1 aromatic rings. The topological polar surface area (TPSA) is 43.8 Å². The van der Waals surface area contributed by atoms with Gasteiger partial charge in [0.2, 0.25) is 0 Å². The van der Waals surface area contributed by atoms with Crippen LogP contribution in [0.3, 0.4) is 0 Å². The van der Waals surface area contributed by atoms with Gasteiger partial charge in [0.15, 0.2) is 5.67 Å². The fourth-order valence-corrected chi connectivity index (χ4v) is 3.09. The van der Waals surface area contributed by atoms with Gasteiger partial charge in [-0.2, -0.15) is 5.10 Å². The quantitative estimate of drug-likeness (QED) is 0.930. The van der Waals surface area contributed by atoms with Crippen LogP contribution in [0.2, 0.25) is 0 Å². The van der Waals surface area contributed by atoms with Crippen LogP contribution in [0.4, 0.5) is 4.39 Å². The highest BCUT2D eigenvalue weighted by atomic mass is 79.9. The standard InChI is InChI=1S/C11H17BrFN3/c1-2-5-16-10(9(12)7-15-16)11(13)4-3-8(14)6-11/h7-8H,2-6,14H2,1H3. The minimum absolute atomic E-state index is 0.0260. The molecule has 5 heteroatoms. The summed E-state index contributed by atoms with van der Waals surface area (Å²) in [6, 6.07) is -0.0260. The molecule has 2 unspecified atom stereocenters. The van der Waals surface area contributed by atoms with Gasteiger partial charge >= 0.3 is 0 Å². The van der Waals surface area contributed by atoms with E-state index in [-0.39, 0.29) is 6.04 Å². The Hall–Kier alpha value is -0.420. The van der Waals surface area contributed by atoms with E-state index in [1.54, 1.807) is 10.9 Å². The Morgan fingerprint density at radius 2 is 2.50 bits per heavy atom. The number of nitrogens with zero attached hydrogens (tertiary/aromatic N) is 2. The Balaban J connectivity index is 2.34. The van der Waals surface area contributed by atoms with Crippen LogP contribution in [0, 0.1) is 0 Å². The van der Waals surface area contributed by atoms with Gasteiger partial charge in [-0.3, -0.25) is 4.68 Å². The van der Waals surface area contributed by atoms with E-state index in [4.69, 9.17) is 5.73 Å². The van der Waals surface area contributed by atoms with Gasteiger partial charge in [0.1, 0.15) is 0 Å². The van der Waals surface area contributed by atoms with Crippen LogP contribution in [-0.2, 0) is 12.2 Å². The number of aromatic nitrogens is 2. The van der Waals surface area contributed by atoms with Gasteiger partial charge in [0.05, 0.1) is 16.4 Å². The monoisotopic (exact) mass is 289 g/mol. The molecule has 3 nitrogen and oxygen atoms in total. The second-order valence-corrected chi connectivity index (χ2v) is 5.39. The zero-order valence-electron chi connectivity index (χ0n) is 9.42. The Kier molecular flexibility index (Phi) is 3.35. The van der Waals surface area contributed by atoms with E-state index in [0.717, 1.165) is 23.9 Å². The highest BCUT2D eigenvalue weighted by Crippen LogP contribution is 2.44. The first-order valence-electron chi connectivity index (χ1n) is 5.73. The summed E-state index contributed by atoms with van der Waals surface area (Å²) >= 11 is 3.39. The molecule has 0 saturated heterocycles. The SMILES string of the molecule is CCCn1ncc(Br)c1C1(F)CCC(N)C1. The molecule has 2 rings (SSSR count). The summed E-state index contributed by atoms with van der Waals surface area (Å²) < 4.78 is 17.3. The first-order chi connectivity index (χ1) is 7.57. The number of nitrogens with two attached hydrogens (primary N) is 1. The Labute approximate surface area is 103 Å². The van der Waals surface area contributed by atoms with E-state index in [0.29, 0.717) is 18.5 Å². The van der Waals surface area contributed by atoms with E-state index in [1.807, 2.05) is 0 Å². The Bertz CT molecular complexity index is 379. The van der Waals surface area contributed by atoms with Crippen molar-refractivity contribution in [2.45, 2.75) is 50.9 Å². The van der Waals surface area contributed by atoms with Crippen molar-refractivity contribution >= 4 is 15.9 Å². The minimum atomic E-state index is -1.30. The highest BCUT2D eigenvalue weighted by Gasteiger charge is 2.43. The molecule has 16 heavy (non-hydrogen) atoms. The van der Waals surface area contributed by atoms with Crippen LogP contribution in [0.15, 0.2) is 10.7 Å². The molecule has 0 aromatic carbocycles. The lowest BCUT2D eigenvalue weighted by atomic mass is 9.99. The van der Waals surface area contributed by atoms with Crippen LogP contribution in [0.1, 0.15) is 38.3 Å². The van der Waals surface area contributed by atoms with Crippen molar-refractivity contribution in [2.75, 3.05) is 0 Å². The van der Waals surface area contributed by atoms with Gasteiger partial charge in [0.25, 0.3) is 0 Å². The number of halogens is 2. The molecule has 1 aliphatic rings. The Morgan fingerprint density at radius 3 is 3.06 bits per heavy atom. The smallest absolute Gasteiger partial charge is 0.155 e. The largest absolute Gasteiger partial charge is 0.328 e. The molecule has 0 bridgehead atoms. The molecule has 1 saturated carbocycles. The van der Waals surface area contributed by atoms with Crippen LogP contribution in [0.5, 0.6) is 0 Å². The van der Waals surface area contributed by atoms with Gasteiger partial charge < -0.3 is 5.73 Å². The molecular weight excluding hydrogens is 273 g/mol. The van der Waals surface area contributed by atoms with Crippen molar-refractivity contribution in [1.82, 2.24) is 9.78 Å². The molecule has 2 atom stereocenters. The van der Waals surface area contributed by atoms with Gasteiger partial charge in [-0.25, -0.2) is 4.39 Å². The van der Waals surface area contributed by atoms with Crippen LogP contribution >= 0.6 is 15.9 Å². The number of alkyl halides is 1. The third kappa shape index (κ3) is 2.02. The van der Waals surface area contributed by atoms with Gasteiger partial charge in [0, 0.05) is 19.0 Å². The number of rotatable bonds is 3. The van der Waals surface area contributed by atoms with E-state index in [2.05, 4.69) is 28.0 Å². The summed E-state index contributed by atoms with van der Waals surface area (Å²) in [6.07, 6.45) is 4.28. The summed E-state index contributed by atoms with van der Waals surface area (Å²) in [6.45, 7) is 2.81. The van der Waals surface area contributed by atoms with Crippen molar-refractivity contribution < 1.29 is 4.39 Å². The molecule has 1 heterocycles. The number of aryl methyl sites for hydroxylation is 1. The predicted molar refractivity (Wildman–Crippen MR) is 64.8 cm³/mol. The van der Waals surface area contributed by atoms with E-state index in [9.17, 15) is 4.39 Å². The lowest BCUT2D eigenvalue weighted by Crippen LogP contribution is -2.25. The molecule has 2 N–H and O–H groups in total. The second-order valence-electron chi connectivity index (χ2n) is 4.53. The lowest BCUT2D eigenvalue weighted by Gasteiger charge is -2.21. The van der Waals surface area contributed by atoms with Crippen LogP contribution in [-0.4, -0.2) is 15.8 Å². The van der Waals surface area contributed by atoms with Crippen molar-refractivity contribution in [3.05, 3.63) is 16.4 Å². The molecule has 1 aliphatic carbocycles. The predicted octanol–water partition coefficient (Wildman–Crippen LogP) is 2.73. The van der Waals surface area contributed by atoms with Gasteiger partial charge in [-0.1, -0.05) is 6.92 Å². The summed E-state index contributed by atoms with van der Waals surface area (Å²) in [4.78, 5) is 0. The van der Waals surface area contributed by atoms with Crippen molar-refractivity contribution in [3.8, 4) is 0 Å². The fourth-order valence-electron chi connectivity index (χ4n) is 2.44. The summed E-state index contributed by atoms with van der Waals surface area (Å²) in [5, 5.41) is 4.21. The molecule has 0 aliphatic heterocycles. The maximum Gasteiger partial charge on any atom is 0.155 e. The highest BCUT2D eigenvalue weighted by molar-refractivity contribution is 9.10. The number of hydrogen-bond acceptors (Lipinski definition) is 2. The maximum absolute atomic E-state index is 14.8. The molecule has 0 radical (unpaired) electrons. The zero-order valence-corrected chi connectivity index (χ0v) is 11.0. The van der Waals surface area contributed by atoms with Gasteiger partial charge in [-0.05, 0) is 35.2 Å². The average Bonchev–Trinajstić information content (AvgIpc) is 2.73. The molecule has 1 fully saturated rings. The molecular formula is C11H17BrFN3. The van der Waals surface area contributed by atoms with Crippen molar-refractivity contribution in [2.24, 2.45) is 5.73 Å². The third-order valence-electron chi connectivity index (χ3n) is 3.15. The fraction of sp³-hybridized carbons (Fsp3) is 0.727.